The zero-order valence-corrected chi connectivity index (χ0v) is 14.0. The number of benzene rings is 1. The van der Waals surface area contributed by atoms with Gasteiger partial charge in [-0.3, -0.25) is 9.69 Å². The predicted molar refractivity (Wildman–Crippen MR) is 87.0 cm³/mol. The highest BCUT2D eigenvalue weighted by Gasteiger charge is 2.44. The predicted octanol–water partition coefficient (Wildman–Crippen LogP) is 3.40. The van der Waals surface area contributed by atoms with Gasteiger partial charge in [-0.1, -0.05) is 19.1 Å². The summed E-state index contributed by atoms with van der Waals surface area (Å²) in [6.07, 6.45) is 4.24. The van der Waals surface area contributed by atoms with Gasteiger partial charge in [-0.15, -0.1) is 0 Å². The number of esters is 1. The molecule has 130 valence electrons. The molecule has 1 heterocycles. The number of hydrogen-bond donors (Lipinski definition) is 0. The quantitative estimate of drug-likeness (QED) is 0.624. The van der Waals surface area contributed by atoms with Crippen LogP contribution in [0.2, 0.25) is 0 Å². The van der Waals surface area contributed by atoms with Crippen LogP contribution in [0, 0.1) is 35.3 Å². The van der Waals surface area contributed by atoms with E-state index in [0.717, 1.165) is 18.7 Å². The van der Waals surface area contributed by atoms with E-state index in [1.165, 1.54) is 6.07 Å². The van der Waals surface area contributed by atoms with E-state index in [0.29, 0.717) is 25.3 Å². The maximum atomic E-state index is 13.9. The molecule has 0 unspecified atom stereocenters. The Kier molecular flexibility index (Phi) is 4.99. The number of hydrogen-bond acceptors (Lipinski definition) is 3. The number of carbonyl (C=O) groups excluding carboxylic acids is 1. The van der Waals surface area contributed by atoms with Gasteiger partial charge in [0.25, 0.3) is 0 Å². The minimum atomic E-state index is -0.430. The fraction of sp³-hybridized carbons (Fsp3) is 0.526. The maximum absolute atomic E-state index is 13.9. The highest BCUT2D eigenvalue weighted by Crippen LogP contribution is 2.40. The molecule has 0 radical (unpaired) electrons. The largest absolute Gasteiger partial charge is 0.466 e. The molecule has 1 saturated heterocycles. The fourth-order valence-electron chi connectivity index (χ4n) is 4.02. The Morgan fingerprint density at radius 3 is 2.83 bits per heavy atom. The van der Waals surface area contributed by atoms with Crippen molar-refractivity contribution in [1.29, 1.82) is 0 Å². The Hall–Kier alpha value is -1.75. The van der Waals surface area contributed by atoms with Crippen molar-refractivity contribution in [3.05, 3.63) is 47.5 Å². The van der Waals surface area contributed by atoms with Crippen LogP contribution in [0.15, 0.2) is 30.4 Å². The van der Waals surface area contributed by atoms with Crippen molar-refractivity contribution in [3.8, 4) is 0 Å². The molecule has 1 aromatic carbocycles. The standard InChI is InChI=1S/C19H23F2NO2/c1-3-24-19(23)18-12(2)4-5-13-9-22(11-16(13)18)10-14-8-15(20)6-7-17(14)21/h4-8,12-13,16,18H,3,9-11H2,1-2H3/t12-,13-,16-,18-/m0/s1. The van der Waals surface area contributed by atoms with E-state index in [2.05, 4.69) is 17.1 Å². The molecule has 3 rings (SSSR count). The van der Waals surface area contributed by atoms with Gasteiger partial charge < -0.3 is 4.74 Å². The number of fused-ring (bicyclic) bond motifs is 1. The molecule has 24 heavy (non-hydrogen) atoms. The van der Waals surface area contributed by atoms with Gasteiger partial charge in [0, 0.05) is 25.2 Å². The molecule has 5 heteroatoms. The van der Waals surface area contributed by atoms with Crippen molar-refractivity contribution in [2.24, 2.45) is 23.7 Å². The molecule has 3 nitrogen and oxygen atoms in total. The highest BCUT2D eigenvalue weighted by molar-refractivity contribution is 5.74. The van der Waals surface area contributed by atoms with Crippen LogP contribution in [0.3, 0.4) is 0 Å². The molecule has 0 saturated carbocycles. The van der Waals surface area contributed by atoms with Crippen molar-refractivity contribution in [1.82, 2.24) is 4.90 Å². The number of allylic oxidation sites excluding steroid dienone is 1. The molecule has 1 aliphatic carbocycles. The van der Waals surface area contributed by atoms with Crippen molar-refractivity contribution < 1.29 is 18.3 Å². The smallest absolute Gasteiger partial charge is 0.309 e. The lowest BCUT2D eigenvalue weighted by atomic mass is 9.72. The maximum Gasteiger partial charge on any atom is 0.309 e. The van der Waals surface area contributed by atoms with Crippen LogP contribution in [0.5, 0.6) is 0 Å². The molecule has 1 aromatic rings. The van der Waals surface area contributed by atoms with Crippen LogP contribution in [0.25, 0.3) is 0 Å². The van der Waals surface area contributed by atoms with Gasteiger partial charge >= 0.3 is 5.97 Å². The van der Waals surface area contributed by atoms with Crippen LogP contribution >= 0.6 is 0 Å². The van der Waals surface area contributed by atoms with E-state index in [1.807, 2.05) is 13.8 Å². The summed E-state index contributed by atoms with van der Waals surface area (Å²) >= 11 is 0. The summed E-state index contributed by atoms with van der Waals surface area (Å²) in [6, 6.07) is 3.54. The summed E-state index contributed by atoms with van der Waals surface area (Å²) in [5.74, 6) is -0.576. The number of rotatable bonds is 4. The first-order chi connectivity index (χ1) is 11.5. The summed E-state index contributed by atoms with van der Waals surface area (Å²) in [7, 11) is 0. The molecule has 0 spiro atoms. The van der Waals surface area contributed by atoms with E-state index < -0.39 is 11.6 Å². The summed E-state index contributed by atoms with van der Waals surface area (Å²) < 4.78 is 32.5. The fourth-order valence-corrected chi connectivity index (χ4v) is 4.02. The average molecular weight is 335 g/mol. The van der Waals surface area contributed by atoms with E-state index in [-0.39, 0.29) is 29.6 Å². The first kappa shape index (κ1) is 17.1. The zero-order valence-electron chi connectivity index (χ0n) is 14.0. The van der Waals surface area contributed by atoms with Crippen molar-refractivity contribution >= 4 is 5.97 Å². The molecule has 0 bridgehead atoms. The highest BCUT2D eigenvalue weighted by atomic mass is 19.1. The van der Waals surface area contributed by atoms with Gasteiger partial charge in [0.05, 0.1) is 12.5 Å². The Morgan fingerprint density at radius 1 is 1.29 bits per heavy atom. The summed E-state index contributed by atoms with van der Waals surface area (Å²) in [5.41, 5.74) is 0.360. The molecule has 0 N–H and O–H groups in total. The van der Waals surface area contributed by atoms with Crippen molar-refractivity contribution in [2.45, 2.75) is 20.4 Å². The van der Waals surface area contributed by atoms with Gasteiger partial charge in [0.1, 0.15) is 11.6 Å². The second-order valence-electron chi connectivity index (χ2n) is 6.78. The summed E-state index contributed by atoms with van der Waals surface area (Å²) in [5, 5.41) is 0. The number of carbonyl (C=O) groups is 1. The van der Waals surface area contributed by atoms with Gasteiger partial charge in [-0.05, 0) is 42.9 Å². The topological polar surface area (TPSA) is 29.5 Å². The summed E-state index contributed by atoms with van der Waals surface area (Å²) in [6.45, 7) is 6.02. The Bertz CT molecular complexity index is 646. The van der Waals surface area contributed by atoms with E-state index in [4.69, 9.17) is 4.74 Å². The van der Waals surface area contributed by atoms with E-state index in [1.54, 1.807) is 0 Å². The SMILES string of the molecule is CCOC(=O)[C@@H]1[C@H]2CN(Cc3cc(F)ccc3F)C[C@@H]2C=C[C@@H]1C. The number of nitrogens with zero attached hydrogens (tertiary/aromatic N) is 1. The Labute approximate surface area is 141 Å². The molecule has 1 aliphatic heterocycles. The van der Waals surface area contributed by atoms with Crippen molar-refractivity contribution in [3.63, 3.8) is 0 Å². The van der Waals surface area contributed by atoms with E-state index >= 15 is 0 Å². The minimum Gasteiger partial charge on any atom is -0.466 e. The molecule has 0 amide bonds. The lowest BCUT2D eigenvalue weighted by molar-refractivity contribution is -0.152. The third kappa shape index (κ3) is 3.36. The number of ether oxygens (including phenoxy) is 1. The second-order valence-corrected chi connectivity index (χ2v) is 6.78. The monoisotopic (exact) mass is 335 g/mol. The van der Waals surface area contributed by atoms with Gasteiger partial charge in [0.2, 0.25) is 0 Å². The molecular weight excluding hydrogens is 312 g/mol. The number of halogens is 2. The first-order valence-corrected chi connectivity index (χ1v) is 8.50. The summed E-state index contributed by atoms with van der Waals surface area (Å²) in [4.78, 5) is 14.4. The van der Waals surface area contributed by atoms with Crippen LogP contribution in [0.4, 0.5) is 8.78 Å². The number of likely N-dealkylation sites (tertiary alicyclic amines) is 1. The molecule has 2 aliphatic rings. The lowest BCUT2D eigenvalue weighted by Gasteiger charge is -2.32. The van der Waals surface area contributed by atoms with Crippen LogP contribution in [-0.2, 0) is 16.1 Å². The van der Waals surface area contributed by atoms with Crippen LogP contribution in [-0.4, -0.2) is 30.6 Å². The molecule has 1 fully saturated rings. The first-order valence-electron chi connectivity index (χ1n) is 8.50. The second kappa shape index (κ2) is 7.01. The third-order valence-corrected chi connectivity index (χ3v) is 5.14. The third-order valence-electron chi connectivity index (χ3n) is 5.14. The Balaban J connectivity index is 1.74. The zero-order chi connectivity index (χ0) is 17.3. The van der Waals surface area contributed by atoms with Crippen LogP contribution in [0.1, 0.15) is 19.4 Å². The average Bonchev–Trinajstić information content (AvgIpc) is 2.93. The Morgan fingerprint density at radius 2 is 2.08 bits per heavy atom. The molecule has 0 aromatic heterocycles. The van der Waals surface area contributed by atoms with Gasteiger partial charge in [-0.25, -0.2) is 8.78 Å². The van der Waals surface area contributed by atoms with Crippen molar-refractivity contribution in [2.75, 3.05) is 19.7 Å². The minimum absolute atomic E-state index is 0.135. The van der Waals surface area contributed by atoms with Gasteiger partial charge in [0.15, 0.2) is 0 Å². The normalized spacial score (nSPS) is 29.5. The molecule has 4 atom stereocenters. The molecular formula is C19H23F2NO2. The van der Waals surface area contributed by atoms with Gasteiger partial charge in [-0.2, -0.15) is 0 Å². The lowest BCUT2D eigenvalue weighted by Crippen LogP contribution is -2.37. The van der Waals surface area contributed by atoms with Crippen LogP contribution < -0.4 is 0 Å². The van der Waals surface area contributed by atoms with E-state index in [9.17, 15) is 13.6 Å².